The van der Waals surface area contributed by atoms with Crippen LogP contribution in [0.5, 0.6) is 11.5 Å². The molecule has 0 unspecified atom stereocenters. The van der Waals surface area contributed by atoms with Gasteiger partial charge < -0.3 is 19.3 Å². The van der Waals surface area contributed by atoms with Gasteiger partial charge in [-0.3, -0.25) is 4.79 Å². The Bertz CT molecular complexity index is 1230. The molecule has 0 bridgehead atoms. The summed E-state index contributed by atoms with van der Waals surface area (Å²) in [5.74, 6) is 1.93. The van der Waals surface area contributed by atoms with E-state index in [4.69, 9.17) is 14.0 Å². The maximum Gasteiger partial charge on any atom is 0.233 e. The van der Waals surface area contributed by atoms with Crippen molar-refractivity contribution in [2.45, 2.75) is 31.6 Å². The van der Waals surface area contributed by atoms with Crippen LogP contribution in [-0.2, 0) is 4.79 Å². The SMILES string of the molecule is COc1ccc([C@H]2CC(=O)C3=C(C2)Nc2onc(C)c2[C@H]3c2ccc(Br)cc2)cc1OC. The molecule has 0 radical (unpaired) electrons. The van der Waals surface area contributed by atoms with Crippen molar-refractivity contribution in [3.8, 4) is 11.5 Å². The largest absolute Gasteiger partial charge is 0.493 e. The molecular weight excluding hydrogens is 472 g/mol. The maximum atomic E-state index is 13.6. The number of carbonyl (C=O) groups is 1. The lowest BCUT2D eigenvalue weighted by Crippen LogP contribution is -2.29. The summed E-state index contributed by atoms with van der Waals surface area (Å²) in [5.41, 5.74) is 5.53. The van der Waals surface area contributed by atoms with Gasteiger partial charge in [-0.25, -0.2) is 0 Å². The lowest BCUT2D eigenvalue weighted by atomic mass is 9.72. The summed E-state index contributed by atoms with van der Waals surface area (Å²) < 4.78 is 17.4. The number of fused-ring (bicyclic) bond motifs is 1. The molecule has 1 aromatic heterocycles. The van der Waals surface area contributed by atoms with Crippen molar-refractivity contribution in [3.05, 3.63) is 80.6 Å². The Balaban J connectivity index is 1.57. The predicted molar refractivity (Wildman–Crippen MR) is 124 cm³/mol. The van der Waals surface area contributed by atoms with E-state index in [1.54, 1.807) is 14.2 Å². The van der Waals surface area contributed by atoms with Gasteiger partial charge in [0.2, 0.25) is 5.88 Å². The molecule has 2 aliphatic rings. The molecule has 6 nitrogen and oxygen atoms in total. The van der Waals surface area contributed by atoms with Gasteiger partial charge in [-0.1, -0.05) is 39.3 Å². The summed E-state index contributed by atoms with van der Waals surface area (Å²) in [5, 5.41) is 7.55. The number of Topliss-reactive ketones (excluding diaryl/α,β-unsaturated/α-hetero) is 1. The molecule has 32 heavy (non-hydrogen) atoms. The number of ketones is 1. The molecule has 7 heteroatoms. The number of methoxy groups -OCH3 is 2. The van der Waals surface area contributed by atoms with Gasteiger partial charge in [0.25, 0.3) is 0 Å². The molecule has 2 heterocycles. The normalized spacial score (nSPS) is 19.8. The number of halogens is 1. The molecule has 1 aliphatic heterocycles. The number of ether oxygens (including phenoxy) is 2. The number of nitrogens with one attached hydrogen (secondary N) is 1. The highest BCUT2D eigenvalue weighted by Crippen LogP contribution is 2.49. The van der Waals surface area contributed by atoms with E-state index in [0.717, 1.165) is 38.1 Å². The number of anilines is 1. The lowest BCUT2D eigenvalue weighted by Gasteiger charge is -2.34. The van der Waals surface area contributed by atoms with Crippen molar-refractivity contribution in [1.29, 1.82) is 0 Å². The van der Waals surface area contributed by atoms with Crippen molar-refractivity contribution in [3.63, 3.8) is 0 Å². The molecule has 5 rings (SSSR count). The average Bonchev–Trinajstić information content (AvgIpc) is 3.18. The summed E-state index contributed by atoms with van der Waals surface area (Å²) in [6.45, 7) is 1.92. The highest BCUT2D eigenvalue weighted by molar-refractivity contribution is 9.10. The molecule has 0 amide bonds. The summed E-state index contributed by atoms with van der Waals surface area (Å²) >= 11 is 3.50. The van der Waals surface area contributed by atoms with Gasteiger partial charge in [0.1, 0.15) is 0 Å². The third kappa shape index (κ3) is 3.41. The number of aryl methyl sites for hydroxylation is 1. The van der Waals surface area contributed by atoms with E-state index in [2.05, 4.69) is 38.5 Å². The molecule has 1 aliphatic carbocycles. The smallest absolute Gasteiger partial charge is 0.233 e. The van der Waals surface area contributed by atoms with Crippen LogP contribution in [0.2, 0.25) is 0 Å². The van der Waals surface area contributed by atoms with Crippen LogP contribution in [0.4, 0.5) is 5.88 Å². The molecule has 0 spiro atoms. The van der Waals surface area contributed by atoms with Gasteiger partial charge in [-0.05, 0) is 54.7 Å². The minimum Gasteiger partial charge on any atom is -0.493 e. The van der Waals surface area contributed by atoms with Crippen LogP contribution < -0.4 is 14.8 Å². The predicted octanol–water partition coefficient (Wildman–Crippen LogP) is 5.72. The van der Waals surface area contributed by atoms with E-state index in [1.165, 1.54) is 0 Å². The number of allylic oxidation sites excluding steroid dienone is 2. The molecule has 0 fully saturated rings. The van der Waals surface area contributed by atoms with Gasteiger partial charge in [-0.15, -0.1) is 0 Å². The number of carbonyl (C=O) groups excluding carboxylic acids is 1. The van der Waals surface area contributed by atoms with Crippen LogP contribution in [-0.4, -0.2) is 25.2 Å². The first-order valence-electron chi connectivity index (χ1n) is 10.5. The fourth-order valence-corrected chi connectivity index (χ4v) is 5.07. The van der Waals surface area contributed by atoms with Crippen LogP contribution in [0.3, 0.4) is 0 Å². The monoisotopic (exact) mass is 494 g/mol. The highest BCUT2D eigenvalue weighted by atomic mass is 79.9. The molecule has 2 atom stereocenters. The maximum absolute atomic E-state index is 13.6. The van der Waals surface area contributed by atoms with E-state index < -0.39 is 0 Å². The molecule has 0 saturated carbocycles. The molecule has 1 N–H and O–H groups in total. The van der Waals surface area contributed by atoms with Crippen molar-refractivity contribution in [2.75, 3.05) is 19.5 Å². The van der Waals surface area contributed by atoms with Crippen molar-refractivity contribution in [1.82, 2.24) is 5.16 Å². The van der Waals surface area contributed by atoms with E-state index >= 15 is 0 Å². The topological polar surface area (TPSA) is 73.6 Å². The summed E-state index contributed by atoms with van der Waals surface area (Å²) in [4.78, 5) is 13.6. The molecule has 3 aromatic rings. The summed E-state index contributed by atoms with van der Waals surface area (Å²) in [7, 11) is 3.23. The molecular formula is C25H23BrN2O4. The zero-order valence-corrected chi connectivity index (χ0v) is 19.7. The van der Waals surface area contributed by atoms with E-state index in [9.17, 15) is 4.79 Å². The second-order valence-corrected chi connectivity index (χ2v) is 9.07. The third-order valence-corrected chi connectivity index (χ3v) is 6.87. The Hall–Kier alpha value is -3.06. The molecule has 2 aromatic carbocycles. The quantitative estimate of drug-likeness (QED) is 0.499. The van der Waals surface area contributed by atoms with Gasteiger partial charge in [0.05, 0.1) is 25.5 Å². The standard InChI is InChI=1S/C25H23BrN2O4/c1-13-22-23(14-4-7-17(26)8-5-14)24-18(27-25(22)32-28-13)10-16(11-19(24)29)15-6-9-20(30-2)21(12-15)31-3/h4-9,12,16,23,27H,10-11H2,1-3H3/t16-,23-/m1/s1. The zero-order valence-electron chi connectivity index (χ0n) is 18.1. The second kappa shape index (κ2) is 8.13. The summed E-state index contributed by atoms with van der Waals surface area (Å²) in [6.07, 6.45) is 1.13. The van der Waals surface area contributed by atoms with E-state index in [0.29, 0.717) is 30.2 Å². The van der Waals surface area contributed by atoms with Crippen LogP contribution >= 0.6 is 15.9 Å². The molecule has 0 saturated heterocycles. The first-order chi connectivity index (χ1) is 15.5. The van der Waals surface area contributed by atoms with Gasteiger partial charge in [-0.2, -0.15) is 0 Å². The lowest BCUT2D eigenvalue weighted by molar-refractivity contribution is -0.116. The Morgan fingerprint density at radius 3 is 2.47 bits per heavy atom. The number of hydrogen-bond acceptors (Lipinski definition) is 6. The van der Waals surface area contributed by atoms with Gasteiger partial charge in [0.15, 0.2) is 17.3 Å². The summed E-state index contributed by atoms with van der Waals surface area (Å²) in [6, 6.07) is 14.0. The van der Waals surface area contributed by atoms with Gasteiger partial charge >= 0.3 is 0 Å². The second-order valence-electron chi connectivity index (χ2n) is 8.16. The average molecular weight is 495 g/mol. The van der Waals surface area contributed by atoms with Crippen molar-refractivity contribution < 1.29 is 18.8 Å². The third-order valence-electron chi connectivity index (χ3n) is 6.34. The Kier molecular flexibility index (Phi) is 5.29. The first-order valence-corrected chi connectivity index (χ1v) is 11.3. The molecule has 164 valence electrons. The number of benzene rings is 2. The Labute approximate surface area is 194 Å². The Morgan fingerprint density at radius 1 is 1.03 bits per heavy atom. The van der Waals surface area contributed by atoms with Crippen molar-refractivity contribution in [2.24, 2.45) is 0 Å². The fourth-order valence-electron chi connectivity index (χ4n) is 4.80. The minimum atomic E-state index is -0.195. The van der Waals surface area contributed by atoms with Crippen LogP contribution in [0.15, 0.2) is 62.7 Å². The van der Waals surface area contributed by atoms with Crippen LogP contribution in [0, 0.1) is 6.92 Å². The minimum absolute atomic E-state index is 0.0321. The van der Waals surface area contributed by atoms with E-state index in [-0.39, 0.29) is 17.6 Å². The zero-order chi connectivity index (χ0) is 22.4. The van der Waals surface area contributed by atoms with E-state index in [1.807, 2.05) is 37.3 Å². The number of rotatable bonds is 4. The van der Waals surface area contributed by atoms with Crippen LogP contribution in [0.1, 0.15) is 47.1 Å². The van der Waals surface area contributed by atoms with Crippen molar-refractivity contribution >= 4 is 27.6 Å². The number of hydrogen-bond donors (Lipinski definition) is 1. The van der Waals surface area contributed by atoms with Gasteiger partial charge in [0, 0.05) is 28.1 Å². The number of aromatic nitrogens is 1. The number of nitrogens with zero attached hydrogens (tertiary/aromatic N) is 1. The van der Waals surface area contributed by atoms with Crippen LogP contribution in [0.25, 0.3) is 0 Å². The first kappa shape index (κ1) is 20.8. The Morgan fingerprint density at radius 2 is 1.75 bits per heavy atom. The highest BCUT2D eigenvalue weighted by Gasteiger charge is 2.41. The fraction of sp³-hybridized carbons (Fsp3) is 0.280.